The third-order valence-corrected chi connectivity index (χ3v) is 16.5. The largest absolute Gasteiger partial charge is 1.00 e. The molecule has 5 aromatic carbocycles. The number of phenolic OH excluding ortho intramolecular Hbond substituents is 1. The number of nitrogens with zero attached hydrogens (tertiary/aromatic N) is 7. The van der Waals surface area contributed by atoms with Gasteiger partial charge in [0.2, 0.25) is 17.2 Å². The molecule has 0 aliphatic heterocycles. The van der Waals surface area contributed by atoms with Gasteiger partial charge in [-0.05, 0) is 96.9 Å². The second-order valence-electron chi connectivity index (χ2n) is 14.5. The Bertz CT molecular complexity index is 3820. The van der Waals surface area contributed by atoms with Gasteiger partial charge in [-0.1, -0.05) is 6.92 Å². The molecule has 0 spiro atoms. The summed E-state index contributed by atoms with van der Waals surface area (Å²) in [5.41, 5.74) is -2.74. The number of benzene rings is 5. The summed E-state index contributed by atoms with van der Waals surface area (Å²) >= 11 is 6.17. The van der Waals surface area contributed by atoms with Gasteiger partial charge in [0.15, 0.2) is 37.7 Å². The van der Waals surface area contributed by atoms with E-state index in [0.29, 0.717) is 18.2 Å². The molecule has 0 amide bonds. The monoisotopic (exact) mass is 1320 g/mol. The van der Waals surface area contributed by atoms with E-state index in [4.69, 9.17) is 11.6 Å². The number of sulfone groups is 2. The molecule has 1 aromatic heterocycles. The first-order valence-electron chi connectivity index (χ1n) is 20.2. The molecule has 408 valence electrons. The van der Waals surface area contributed by atoms with Crippen molar-refractivity contribution >= 4 is 148 Å². The third kappa shape index (κ3) is 22.6. The Morgan fingerprint density at radius 1 is 0.617 bits per heavy atom. The second-order valence-corrected chi connectivity index (χ2v) is 24.4. The van der Waals surface area contributed by atoms with Crippen LogP contribution in [-0.4, -0.2) is 99.8 Å². The van der Waals surface area contributed by atoms with Crippen LogP contribution in [0.4, 0.5) is 51.7 Å². The number of phenols is 1. The molecule has 4 N–H and O–H groups in total. The van der Waals surface area contributed by atoms with Crippen LogP contribution in [0.1, 0.15) is 13.3 Å². The maximum Gasteiger partial charge on any atom is 1.00 e. The van der Waals surface area contributed by atoms with Gasteiger partial charge in [-0.3, -0.25) is 14.3 Å². The molecule has 0 aliphatic carbocycles. The van der Waals surface area contributed by atoms with Gasteiger partial charge in [0.1, 0.15) is 59.0 Å². The van der Waals surface area contributed by atoms with Crippen molar-refractivity contribution in [3.63, 3.8) is 0 Å². The van der Waals surface area contributed by atoms with Gasteiger partial charge in [0, 0.05) is 22.1 Å². The van der Waals surface area contributed by atoms with Gasteiger partial charge >= 0.3 is 148 Å². The summed E-state index contributed by atoms with van der Waals surface area (Å²) in [5.74, 6) is -3.50. The van der Waals surface area contributed by atoms with Crippen LogP contribution in [0.5, 0.6) is 5.75 Å². The number of halogens is 1. The summed E-state index contributed by atoms with van der Waals surface area (Å²) in [6.45, 7) is 1.09. The van der Waals surface area contributed by atoms with Crippen molar-refractivity contribution in [3.8, 4) is 5.75 Å². The van der Waals surface area contributed by atoms with Crippen LogP contribution in [0.2, 0.25) is 5.28 Å². The van der Waals surface area contributed by atoms with Gasteiger partial charge in [-0.15, -0.1) is 24.8 Å². The predicted molar refractivity (Wildman–Crippen MR) is 257 cm³/mol. The van der Waals surface area contributed by atoms with E-state index in [1.54, 1.807) is 6.92 Å². The molecule has 44 heteroatoms. The van der Waals surface area contributed by atoms with Crippen LogP contribution in [0.25, 0.3) is 10.8 Å². The standard InChI is InChI=1S/C37H35ClN10O21S7.5Na/c1-2-14-72(52,53)22-6-3-20(4-7-22)40-36-42-35(38)43-37(44-36)41-21-5-12-30(75(59,60)61)28(16-21)46-48-33-29(70-68-66-50)18-25-24(34(33)49)9-11-27(39-19-74(56,57)58)32(25)47-45-26-10-8-23(17-31(26)76(62,63)64)73(54,55)15-13-65-71-69-67-51;;;;;/h3-12,16-18,39,49-51H,2,13-15,19H2,1H3,(H,56,57,58)(H,59,60,61)(H,62,63,64)(H2,40,41,42,43,44);;;;;/q;5*+1/p-5. The van der Waals surface area contributed by atoms with E-state index in [1.165, 1.54) is 24.3 Å². The quantitative estimate of drug-likeness (QED) is 0.00745. The molecular formula is C37H30ClN10Na5O21S7. The first-order chi connectivity index (χ1) is 35.7. The van der Waals surface area contributed by atoms with E-state index < -0.39 is 116 Å². The molecule has 6 aromatic rings. The number of aromatic hydroxyl groups is 1. The fraction of sp³-hybridized carbons (Fsp3) is 0.162. The molecule has 0 atom stereocenters. The minimum Gasteiger partial charge on any atom is -0.747 e. The van der Waals surface area contributed by atoms with E-state index in [2.05, 4.69) is 74.3 Å². The Morgan fingerprint density at radius 2 is 1.19 bits per heavy atom. The number of hydrogen-bond acceptors (Lipinski definition) is 33. The predicted octanol–water partition coefficient (Wildman–Crippen LogP) is -10.6. The van der Waals surface area contributed by atoms with Crippen molar-refractivity contribution in [2.45, 2.75) is 37.8 Å². The zero-order valence-electron chi connectivity index (χ0n) is 42.5. The van der Waals surface area contributed by atoms with Gasteiger partial charge in [0.25, 0.3) is 0 Å². The molecule has 1 heterocycles. The molecular weight excluding hydrogens is 1300 g/mol. The molecule has 0 fully saturated rings. The minimum absolute atomic E-state index is 0. The summed E-state index contributed by atoms with van der Waals surface area (Å²) in [6.07, 6.45) is 0.404. The van der Waals surface area contributed by atoms with Crippen molar-refractivity contribution in [1.29, 1.82) is 0 Å². The number of aromatic nitrogens is 3. The number of hydrogen-bond donors (Lipinski definition) is 4. The van der Waals surface area contributed by atoms with Gasteiger partial charge in [-0.25, -0.2) is 42.1 Å². The molecule has 0 unspecified atom stereocenters. The summed E-state index contributed by atoms with van der Waals surface area (Å²) < 4.78 is 173. The maximum atomic E-state index is 12.9. The molecule has 0 saturated carbocycles. The van der Waals surface area contributed by atoms with Crippen molar-refractivity contribution in [2.75, 3.05) is 39.9 Å². The van der Waals surface area contributed by atoms with Crippen LogP contribution in [0.3, 0.4) is 0 Å². The molecule has 6 rings (SSSR count). The molecule has 0 aliphatic rings. The fourth-order valence-corrected chi connectivity index (χ4v) is 11.3. The Hall–Kier alpha value is -0.890. The number of nitrogens with one attached hydrogen (secondary N) is 3. The number of anilines is 5. The molecule has 81 heavy (non-hydrogen) atoms. The van der Waals surface area contributed by atoms with Crippen molar-refractivity contribution < 1.29 is 242 Å². The average Bonchev–Trinajstić information content (AvgIpc) is 3.33. The molecule has 0 radical (unpaired) electrons. The minimum atomic E-state index is -5.57. The molecule has 0 bridgehead atoms. The molecule has 0 saturated heterocycles. The van der Waals surface area contributed by atoms with E-state index in [1.807, 2.05) is 0 Å². The van der Waals surface area contributed by atoms with Gasteiger partial charge < -0.3 is 45.2 Å². The zero-order chi connectivity index (χ0) is 55.6. The smallest absolute Gasteiger partial charge is 0.747 e. The summed E-state index contributed by atoms with van der Waals surface area (Å²) in [7, 11) is -23.9. The SMILES string of the molecule is CCCS(=O)(=O)c1ccc(Nc2nc(Cl)nc(Nc3ccc(S(=O)(=O)[O-])c(N=Nc4c(SOO[O-])cc5c(N=Nc6ccc(S(=O)(=O)CCOSOO[O-])cc6S(=O)(=O)[O-])c(NCS(=O)(=O)[O-])ccc5c4O)c3)n2)cc1.[Na+].[Na+].[Na+].[Na+].[Na+]. The van der Waals surface area contributed by atoms with Crippen molar-refractivity contribution in [3.05, 3.63) is 84.1 Å². The fourth-order valence-electron chi connectivity index (χ4n) is 6.27. The Kier molecular flexibility index (Phi) is 33.4. The first kappa shape index (κ1) is 78.1. The number of azo groups is 2. The van der Waals surface area contributed by atoms with Crippen LogP contribution >= 0.6 is 36.0 Å². The molecule has 31 nitrogen and oxygen atoms in total. The summed E-state index contributed by atoms with van der Waals surface area (Å²) in [5, 5.41) is 61.5. The van der Waals surface area contributed by atoms with Gasteiger partial charge in [0.05, 0.1) is 60.3 Å². The topological polar surface area (TPSA) is 477 Å². The van der Waals surface area contributed by atoms with Crippen LogP contribution in [0, 0.1) is 0 Å². The normalized spacial score (nSPS) is 11.9. The second kappa shape index (κ2) is 34.6. The van der Waals surface area contributed by atoms with E-state index in [0.717, 1.165) is 48.5 Å². The number of fused-ring (bicyclic) bond motifs is 1. The number of rotatable bonds is 26. The Balaban J connectivity index is 0.00000656. The van der Waals surface area contributed by atoms with Crippen molar-refractivity contribution in [2.24, 2.45) is 20.5 Å². The van der Waals surface area contributed by atoms with Crippen LogP contribution < -0.4 is 174 Å². The van der Waals surface area contributed by atoms with Crippen LogP contribution in [-0.2, 0) is 73.0 Å². The Labute approximate surface area is 585 Å². The first-order valence-corrected chi connectivity index (χ1v) is 29.6. The van der Waals surface area contributed by atoms with E-state index in [9.17, 15) is 71.4 Å². The summed E-state index contributed by atoms with van der Waals surface area (Å²) in [4.78, 5) is 8.87. The average molecular weight is 1330 g/mol. The van der Waals surface area contributed by atoms with E-state index in [-0.39, 0.29) is 222 Å². The summed E-state index contributed by atoms with van der Waals surface area (Å²) in [6, 6.07) is 13.7. The third-order valence-electron chi connectivity index (χ3n) is 9.45. The zero-order valence-corrected chi connectivity index (χ0v) is 59.0. The van der Waals surface area contributed by atoms with Gasteiger partial charge in [-0.2, -0.15) is 19.3 Å². The van der Waals surface area contributed by atoms with E-state index >= 15 is 0 Å². The Morgan fingerprint density at radius 3 is 1.78 bits per heavy atom. The maximum absolute atomic E-state index is 12.9. The van der Waals surface area contributed by atoms with Crippen LogP contribution in [0.15, 0.2) is 124 Å². The van der Waals surface area contributed by atoms with Crippen molar-refractivity contribution in [1.82, 2.24) is 15.0 Å².